The van der Waals surface area contributed by atoms with Crippen LogP contribution in [0.3, 0.4) is 0 Å². The predicted octanol–water partition coefficient (Wildman–Crippen LogP) is 2.73. The number of pyridine rings is 1. The van der Waals surface area contributed by atoms with Crippen molar-refractivity contribution in [1.29, 1.82) is 0 Å². The van der Waals surface area contributed by atoms with Gasteiger partial charge in [0.25, 0.3) is 5.56 Å². The Hall–Kier alpha value is -3.07. The molecule has 0 aliphatic carbocycles. The third kappa shape index (κ3) is 4.11. The van der Waals surface area contributed by atoms with E-state index in [-0.39, 0.29) is 30.1 Å². The van der Waals surface area contributed by atoms with Crippen molar-refractivity contribution in [3.63, 3.8) is 0 Å². The van der Waals surface area contributed by atoms with Gasteiger partial charge in [-0.3, -0.25) is 9.78 Å². The van der Waals surface area contributed by atoms with Crippen molar-refractivity contribution in [1.82, 2.24) is 19.9 Å². The normalized spacial score (nSPS) is 19.3. The largest absolute Gasteiger partial charge is 0.372 e. The molecule has 1 saturated heterocycles. The summed E-state index contributed by atoms with van der Waals surface area (Å²) in [5.74, 6) is 0.0826. The zero-order chi connectivity index (χ0) is 21.3. The first kappa shape index (κ1) is 20.2. The van der Waals surface area contributed by atoms with E-state index in [1.54, 1.807) is 18.5 Å². The van der Waals surface area contributed by atoms with Gasteiger partial charge in [-0.15, -0.1) is 0 Å². The number of ether oxygens (including phenoxy) is 1. The molecular weight excluding hydrogens is 389 g/mol. The Bertz CT molecular complexity index is 1070. The molecule has 0 amide bonds. The lowest BCUT2D eigenvalue weighted by molar-refractivity contribution is -0.00525. The number of anilines is 1. The predicted molar refractivity (Wildman–Crippen MR) is 109 cm³/mol. The molecule has 0 spiro atoms. The molecule has 0 bridgehead atoms. The summed E-state index contributed by atoms with van der Waals surface area (Å²) >= 11 is 0. The minimum atomic E-state index is -0.821. The average Bonchev–Trinajstić information content (AvgIpc) is 3.12. The van der Waals surface area contributed by atoms with Crippen molar-refractivity contribution in [3.8, 4) is 11.3 Å². The minimum Gasteiger partial charge on any atom is -0.372 e. The van der Waals surface area contributed by atoms with Crippen molar-refractivity contribution in [2.75, 3.05) is 18.0 Å². The van der Waals surface area contributed by atoms with Gasteiger partial charge in [0.2, 0.25) is 0 Å². The fourth-order valence-electron chi connectivity index (χ4n) is 3.70. The van der Waals surface area contributed by atoms with E-state index in [4.69, 9.17) is 9.26 Å². The van der Waals surface area contributed by atoms with Crippen LogP contribution >= 0.6 is 0 Å². The summed E-state index contributed by atoms with van der Waals surface area (Å²) in [6.45, 7) is 6.50. The van der Waals surface area contributed by atoms with Crippen LogP contribution in [-0.4, -0.2) is 45.2 Å². The lowest BCUT2D eigenvalue weighted by Crippen LogP contribution is -2.46. The number of hydrogen-bond donors (Lipinski definition) is 0. The van der Waals surface area contributed by atoms with Gasteiger partial charge in [-0.25, -0.2) is 9.07 Å². The molecule has 0 unspecified atom stereocenters. The summed E-state index contributed by atoms with van der Waals surface area (Å²) in [5.41, 5.74) is 2.97. The number of hydrogen-bond acceptors (Lipinski definition) is 7. The van der Waals surface area contributed by atoms with Crippen molar-refractivity contribution in [2.45, 2.75) is 46.2 Å². The Labute approximate surface area is 173 Å². The van der Waals surface area contributed by atoms with Crippen molar-refractivity contribution in [3.05, 3.63) is 58.0 Å². The molecule has 1 fully saturated rings. The summed E-state index contributed by atoms with van der Waals surface area (Å²) < 4.78 is 25.7. The maximum Gasteiger partial charge on any atom is 0.269 e. The maximum atomic E-state index is 13.5. The number of rotatable bonds is 5. The molecule has 9 heteroatoms. The molecule has 4 heterocycles. The van der Waals surface area contributed by atoms with Gasteiger partial charge in [0.05, 0.1) is 30.6 Å². The van der Waals surface area contributed by atoms with E-state index in [1.165, 1.54) is 4.68 Å². The van der Waals surface area contributed by atoms with E-state index in [9.17, 15) is 9.18 Å². The van der Waals surface area contributed by atoms with E-state index in [0.717, 1.165) is 11.4 Å². The first-order valence-electron chi connectivity index (χ1n) is 9.88. The fraction of sp³-hybridized carbons (Fsp3) is 0.429. The van der Waals surface area contributed by atoms with Gasteiger partial charge in [-0.2, -0.15) is 5.10 Å². The zero-order valence-corrected chi connectivity index (χ0v) is 17.2. The second-order valence-electron chi connectivity index (χ2n) is 7.63. The summed E-state index contributed by atoms with van der Waals surface area (Å²) in [4.78, 5) is 19.1. The number of alkyl halides is 1. The zero-order valence-electron chi connectivity index (χ0n) is 17.2. The van der Waals surface area contributed by atoms with Crippen molar-refractivity contribution in [2.24, 2.45) is 0 Å². The van der Waals surface area contributed by atoms with E-state index in [0.29, 0.717) is 29.9 Å². The number of aryl methyl sites for hydroxylation is 1. The highest BCUT2D eigenvalue weighted by atomic mass is 19.1. The van der Waals surface area contributed by atoms with E-state index < -0.39 is 6.67 Å². The summed E-state index contributed by atoms with van der Waals surface area (Å²) in [7, 11) is 0. The molecule has 8 nitrogen and oxygen atoms in total. The number of nitrogens with zero attached hydrogens (tertiary/aromatic N) is 5. The molecule has 0 aromatic carbocycles. The highest BCUT2D eigenvalue weighted by Gasteiger charge is 2.24. The van der Waals surface area contributed by atoms with Crippen LogP contribution in [0.5, 0.6) is 0 Å². The van der Waals surface area contributed by atoms with Crippen LogP contribution in [0, 0.1) is 6.92 Å². The van der Waals surface area contributed by atoms with Gasteiger partial charge < -0.3 is 14.2 Å². The van der Waals surface area contributed by atoms with Gasteiger partial charge in [0.1, 0.15) is 5.69 Å². The number of halogens is 1. The lowest BCUT2D eigenvalue weighted by atomic mass is 10.1. The van der Waals surface area contributed by atoms with Crippen LogP contribution in [0.2, 0.25) is 0 Å². The van der Waals surface area contributed by atoms with E-state index >= 15 is 0 Å². The summed E-state index contributed by atoms with van der Waals surface area (Å²) in [5, 5.41) is 8.32. The first-order valence-corrected chi connectivity index (χ1v) is 9.88. The number of aromatic nitrogens is 4. The first-order chi connectivity index (χ1) is 14.4. The minimum absolute atomic E-state index is 0.0565. The Morgan fingerprint density at radius 3 is 2.60 bits per heavy atom. The maximum absolute atomic E-state index is 13.5. The second-order valence-corrected chi connectivity index (χ2v) is 7.63. The lowest BCUT2D eigenvalue weighted by Gasteiger charge is -2.36. The van der Waals surface area contributed by atoms with Crippen LogP contribution in [0.1, 0.15) is 30.9 Å². The Morgan fingerprint density at radius 1 is 1.20 bits per heavy atom. The van der Waals surface area contributed by atoms with E-state index in [2.05, 4.69) is 20.1 Å². The van der Waals surface area contributed by atoms with Crippen molar-refractivity contribution < 1.29 is 13.7 Å². The van der Waals surface area contributed by atoms with Crippen LogP contribution in [-0.2, 0) is 18.0 Å². The molecule has 2 atom stereocenters. The summed E-state index contributed by atoms with van der Waals surface area (Å²) in [6.07, 6.45) is 3.46. The quantitative estimate of drug-likeness (QED) is 0.636. The van der Waals surface area contributed by atoms with Gasteiger partial charge in [-0.05, 0) is 32.9 Å². The van der Waals surface area contributed by atoms with E-state index in [1.807, 2.05) is 32.9 Å². The molecule has 3 aromatic rings. The van der Waals surface area contributed by atoms with Gasteiger partial charge >= 0.3 is 0 Å². The van der Waals surface area contributed by atoms with Crippen LogP contribution in [0.15, 0.2) is 39.9 Å². The molecule has 0 saturated carbocycles. The van der Waals surface area contributed by atoms with Crippen LogP contribution in [0.25, 0.3) is 11.3 Å². The molecule has 1 aliphatic rings. The topological polar surface area (TPSA) is 86.3 Å². The third-order valence-electron chi connectivity index (χ3n) is 5.12. The van der Waals surface area contributed by atoms with Crippen LogP contribution in [0.4, 0.5) is 10.1 Å². The van der Waals surface area contributed by atoms with Gasteiger partial charge in [0.15, 0.2) is 12.4 Å². The van der Waals surface area contributed by atoms with Crippen LogP contribution < -0.4 is 10.5 Å². The molecule has 4 rings (SSSR count). The van der Waals surface area contributed by atoms with Gasteiger partial charge in [0, 0.05) is 42.2 Å². The monoisotopic (exact) mass is 413 g/mol. The molecule has 0 N–H and O–H groups in total. The highest BCUT2D eigenvalue weighted by Crippen LogP contribution is 2.26. The molecule has 3 aromatic heterocycles. The molecular formula is C21H24FN5O3. The molecule has 30 heavy (non-hydrogen) atoms. The Balaban J connectivity index is 1.63. The number of morpholine rings is 1. The second kappa shape index (κ2) is 8.35. The summed E-state index contributed by atoms with van der Waals surface area (Å²) in [6, 6.07) is 5.23. The smallest absolute Gasteiger partial charge is 0.269 e. The molecule has 0 radical (unpaired) electrons. The highest BCUT2D eigenvalue weighted by molar-refractivity contribution is 5.62. The third-order valence-corrected chi connectivity index (χ3v) is 5.12. The Morgan fingerprint density at radius 2 is 1.97 bits per heavy atom. The fourth-order valence-corrected chi connectivity index (χ4v) is 3.70. The van der Waals surface area contributed by atoms with Gasteiger partial charge in [-0.1, -0.05) is 5.16 Å². The standard InChI is InChI=1S/C21H24FN5O3/c1-13-4-5-16(8-23-13)21-18(19(7-22)30-25-21)12-27-20(28)6-17(9-24-27)26-10-14(2)29-15(3)11-26/h4-6,8-9,14-15H,7,10-12H2,1-3H3/t14-,15+. The Kier molecular flexibility index (Phi) is 5.63. The molecule has 158 valence electrons. The average molecular weight is 413 g/mol. The molecule has 1 aliphatic heterocycles. The SMILES string of the molecule is Cc1ccc(-c2noc(CF)c2Cn2ncc(N3C[C@@H](C)O[C@@H](C)C3)cc2=O)cn1. The van der Waals surface area contributed by atoms with Crippen molar-refractivity contribution >= 4 is 5.69 Å².